The summed E-state index contributed by atoms with van der Waals surface area (Å²) in [6.45, 7) is 3.89. The van der Waals surface area contributed by atoms with Gasteiger partial charge in [-0.2, -0.15) is 0 Å². The first kappa shape index (κ1) is 14.6. The summed E-state index contributed by atoms with van der Waals surface area (Å²) in [7, 11) is 0. The first-order valence-corrected chi connectivity index (χ1v) is 7.55. The minimum Gasteiger partial charge on any atom is -0.387 e. The van der Waals surface area contributed by atoms with Gasteiger partial charge in [-0.1, -0.05) is 30.3 Å². The Balaban J connectivity index is 1.62. The van der Waals surface area contributed by atoms with Gasteiger partial charge in [-0.25, -0.2) is 0 Å². The molecule has 120 valence electrons. The van der Waals surface area contributed by atoms with Gasteiger partial charge in [0, 0.05) is 5.56 Å². The van der Waals surface area contributed by atoms with Gasteiger partial charge in [-0.05, 0) is 13.8 Å². The van der Waals surface area contributed by atoms with Gasteiger partial charge < -0.3 is 28.8 Å². The van der Waals surface area contributed by atoms with Crippen molar-refractivity contribution in [2.75, 3.05) is 6.61 Å². The molecule has 1 aromatic rings. The monoisotopic (exact) mass is 308 g/mol. The van der Waals surface area contributed by atoms with Crippen molar-refractivity contribution in [3.8, 4) is 0 Å². The van der Waals surface area contributed by atoms with Crippen molar-refractivity contribution in [3.05, 3.63) is 35.9 Å². The third kappa shape index (κ3) is 2.46. The molecule has 0 radical (unpaired) electrons. The van der Waals surface area contributed by atoms with E-state index in [1.54, 1.807) is 0 Å². The minimum atomic E-state index is -0.813. The molecule has 1 aromatic carbocycles. The third-order valence-corrected chi connectivity index (χ3v) is 4.20. The largest absolute Gasteiger partial charge is 0.387 e. The first-order chi connectivity index (χ1) is 10.5. The van der Waals surface area contributed by atoms with Crippen LogP contribution in [0.2, 0.25) is 0 Å². The zero-order valence-electron chi connectivity index (χ0n) is 12.5. The summed E-state index contributed by atoms with van der Waals surface area (Å²) < 4.78 is 29.2. The van der Waals surface area contributed by atoms with Gasteiger partial charge in [0.05, 0.1) is 6.61 Å². The fourth-order valence-electron chi connectivity index (χ4n) is 3.19. The van der Waals surface area contributed by atoms with Crippen LogP contribution in [0.3, 0.4) is 0 Å². The Bertz CT molecular complexity index is 533. The predicted molar refractivity (Wildman–Crippen MR) is 74.7 cm³/mol. The van der Waals surface area contributed by atoms with Crippen LogP contribution in [0.5, 0.6) is 0 Å². The van der Waals surface area contributed by atoms with Crippen LogP contribution in [0.1, 0.15) is 25.7 Å². The Morgan fingerprint density at radius 1 is 1.05 bits per heavy atom. The fourth-order valence-corrected chi connectivity index (χ4v) is 3.19. The van der Waals surface area contributed by atoms with E-state index in [0.717, 1.165) is 5.56 Å². The molecule has 3 aliphatic heterocycles. The summed E-state index contributed by atoms with van der Waals surface area (Å²) >= 11 is 0. The van der Waals surface area contributed by atoms with Gasteiger partial charge >= 0.3 is 0 Å². The van der Waals surface area contributed by atoms with Gasteiger partial charge in [-0.15, -0.1) is 0 Å². The molecule has 6 heteroatoms. The molecule has 0 saturated carbocycles. The van der Waals surface area contributed by atoms with E-state index in [4.69, 9.17) is 23.7 Å². The van der Waals surface area contributed by atoms with E-state index in [-0.39, 0.29) is 6.61 Å². The Labute approximate surface area is 128 Å². The number of aliphatic hydroxyl groups is 1. The lowest BCUT2D eigenvalue weighted by atomic mass is 9.99. The van der Waals surface area contributed by atoms with E-state index in [9.17, 15) is 5.11 Å². The third-order valence-electron chi connectivity index (χ3n) is 4.20. The van der Waals surface area contributed by atoms with E-state index >= 15 is 0 Å². The summed E-state index contributed by atoms with van der Waals surface area (Å²) in [5, 5.41) is 10.5. The van der Waals surface area contributed by atoms with Crippen molar-refractivity contribution in [1.82, 2.24) is 0 Å². The Morgan fingerprint density at radius 2 is 1.82 bits per heavy atom. The van der Waals surface area contributed by atoms with Crippen LogP contribution in [0.25, 0.3) is 0 Å². The molecule has 0 aliphatic carbocycles. The second kappa shape index (κ2) is 5.26. The topological polar surface area (TPSA) is 66.4 Å². The lowest BCUT2D eigenvalue weighted by Crippen LogP contribution is -2.57. The van der Waals surface area contributed by atoms with Crippen molar-refractivity contribution in [1.29, 1.82) is 0 Å². The maximum atomic E-state index is 10.5. The van der Waals surface area contributed by atoms with Crippen molar-refractivity contribution in [3.63, 3.8) is 0 Å². The van der Waals surface area contributed by atoms with Crippen LogP contribution in [-0.2, 0) is 23.7 Å². The number of ether oxygens (including phenoxy) is 5. The van der Waals surface area contributed by atoms with Gasteiger partial charge in [0.2, 0.25) is 0 Å². The molecule has 1 N–H and O–H groups in total. The number of benzene rings is 1. The van der Waals surface area contributed by atoms with E-state index < -0.39 is 42.8 Å². The first-order valence-electron chi connectivity index (χ1n) is 7.55. The molecular formula is C16H20O6. The lowest BCUT2D eigenvalue weighted by molar-refractivity contribution is -0.252. The smallest absolute Gasteiger partial charge is 0.190 e. The molecule has 0 spiro atoms. The molecule has 0 aromatic heterocycles. The second-order valence-corrected chi connectivity index (χ2v) is 6.31. The van der Waals surface area contributed by atoms with E-state index in [2.05, 4.69) is 0 Å². The molecular weight excluding hydrogens is 288 g/mol. The number of fused-ring (bicyclic) bond motifs is 4. The van der Waals surface area contributed by atoms with Crippen LogP contribution in [0.4, 0.5) is 0 Å². The molecule has 6 nitrogen and oxygen atoms in total. The number of hydrogen-bond acceptors (Lipinski definition) is 6. The van der Waals surface area contributed by atoms with Crippen LogP contribution < -0.4 is 0 Å². The lowest BCUT2D eigenvalue weighted by Gasteiger charge is -2.37. The zero-order chi connectivity index (χ0) is 15.3. The molecule has 3 heterocycles. The average molecular weight is 308 g/mol. The minimum absolute atomic E-state index is 0.240. The van der Waals surface area contributed by atoms with Gasteiger partial charge in [0.25, 0.3) is 0 Å². The Kier molecular flexibility index (Phi) is 3.48. The molecule has 1 unspecified atom stereocenters. The number of rotatable bonds is 1. The fraction of sp³-hybridized carbons (Fsp3) is 0.625. The summed E-state index contributed by atoms with van der Waals surface area (Å²) in [6, 6.07) is 9.64. The molecule has 22 heavy (non-hydrogen) atoms. The predicted octanol–water partition coefficient (Wildman–Crippen LogP) is 1.34. The standard InChI is InChI=1S/C16H20O6/c1-16(2)21-13-12-11(17)10(19-15(13)22-16)8-18-14(20-12)9-6-4-3-5-7-9/h3-7,10-15,17H,8H2,1-2H3/t10-,11+,12+,13-,14?,15-/m0/s1. The maximum Gasteiger partial charge on any atom is 0.190 e. The number of hydrogen-bond donors (Lipinski definition) is 1. The Hall–Kier alpha value is -1.02. The number of aliphatic hydroxyl groups excluding tert-OH is 1. The molecule has 3 saturated heterocycles. The highest BCUT2D eigenvalue weighted by molar-refractivity contribution is 5.16. The summed E-state index contributed by atoms with van der Waals surface area (Å²) in [5.41, 5.74) is 0.900. The molecule has 3 aliphatic rings. The second-order valence-electron chi connectivity index (χ2n) is 6.31. The Morgan fingerprint density at radius 3 is 2.59 bits per heavy atom. The van der Waals surface area contributed by atoms with Crippen LogP contribution >= 0.6 is 0 Å². The normalized spacial score (nSPS) is 43.4. The van der Waals surface area contributed by atoms with Crippen LogP contribution in [0, 0.1) is 0 Å². The summed E-state index contributed by atoms with van der Waals surface area (Å²) in [6.07, 6.45) is -3.44. The highest BCUT2D eigenvalue weighted by Gasteiger charge is 2.56. The van der Waals surface area contributed by atoms with Crippen molar-refractivity contribution < 1.29 is 28.8 Å². The highest BCUT2D eigenvalue weighted by Crippen LogP contribution is 2.41. The van der Waals surface area contributed by atoms with Gasteiger partial charge in [0.1, 0.15) is 24.4 Å². The molecule has 6 atom stereocenters. The summed E-state index contributed by atoms with van der Waals surface area (Å²) in [4.78, 5) is 0. The van der Waals surface area contributed by atoms with Crippen LogP contribution in [-0.4, -0.2) is 48.2 Å². The molecule has 2 bridgehead atoms. The van der Waals surface area contributed by atoms with Crippen molar-refractivity contribution >= 4 is 0 Å². The zero-order valence-corrected chi connectivity index (χ0v) is 12.5. The van der Waals surface area contributed by atoms with Crippen molar-refractivity contribution in [2.45, 2.75) is 56.6 Å². The SMILES string of the molecule is CC1(C)O[C@@H]2O[C@H]3COC(c4ccccc4)O[C@H]([C@@H]3O)[C@@H]2O1. The summed E-state index contributed by atoms with van der Waals surface area (Å²) in [5.74, 6) is -0.756. The average Bonchev–Trinajstić information content (AvgIpc) is 2.74. The van der Waals surface area contributed by atoms with E-state index in [1.807, 2.05) is 44.2 Å². The quantitative estimate of drug-likeness (QED) is 0.844. The van der Waals surface area contributed by atoms with Gasteiger partial charge in [-0.3, -0.25) is 0 Å². The van der Waals surface area contributed by atoms with Crippen LogP contribution in [0.15, 0.2) is 30.3 Å². The molecule has 0 amide bonds. The van der Waals surface area contributed by atoms with E-state index in [1.165, 1.54) is 0 Å². The van der Waals surface area contributed by atoms with Gasteiger partial charge in [0.15, 0.2) is 18.4 Å². The van der Waals surface area contributed by atoms with E-state index in [0.29, 0.717) is 0 Å². The van der Waals surface area contributed by atoms with Crippen molar-refractivity contribution in [2.24, 2.45) is 0 Å². The highest BCUT2D eigenvalue weighted by atomic mass is 16.8. The molecule has 4 rings (SSSR count). The molecule has 3 fully saturated rings. The maximum absolute atomic E-state index is 10.5.